The van der Waals surface area contributed by atoms with Gasteiger partial charge >= 0.3 is 0 Å². The molecule has 0 unspecified atom stereocenters. The van der Waals surface area contributed by atoms with Crippen molar-refractivity contribution in [2.75, 3.05) is 6.61 Å². The summed E-state index contributed by atoms with van der Waals surface area (Å²) in [5.74, 6) is 0.0752. The summed E-state index contributed by atoms with van der Waals surface area (Å²) in [7, 11) is 0. The number of phenolic OH excluding ortho intramolecular Hbond substituents is 1. The fourth-order valence-corrected chi connectivity index (χ4v) is 1.54. The molecule has 0 aromatic heterocycles. The Morgan fingerprint density at radius 3 is 2.87 bits per heavy atom. The average Bonchev–Trinajstić information content (AvgIpc) is 2.23. The molecule has 0 aliphatic carbocycles. The second-order valence-electron chi connectivity index (χ2n) is 2.81. The van der Waals surface area contributed by atoms with Crippen molar-refractivity contribution in [1.82, 2.24) is 0 Å². The van der Waals surface area contributed by atoms with Crippen molar-refractivity contribution in [2.24, 2.45) is 0 Å². The first-order valence-electron chi connectivity index (χ1n) is 4.42. The molecule has 80 valence electrons. The molecule has 0 aliphatic heterocycles. The third-order valence-corrected chi connectivity index (χ3v) is 2.40. The van der Waals surface area contributed by atoms with Crippen LogP contribution in [0.1, 0.15) is 17.3 Å². The van der Waals surface area contributed by atoms with E-state index in [0.717, 1.165) is 0 Å². The van der Waals surface area contributed by atoms with E-state index < -0.39 is 0 Å². The Morgan fingerprint density at radius 2 is 2.33 bits per heavy atom. The molecule has 0 saturated heterocycles. The van der Waals surface area contributed by atoms with Gasteiger partial charge in [0.1, 0.15) is 0 Å². The van der Waals surface area contributed by atoms with Crippen LogP contribution in [0, 0.1) is 0 Å². The third kappa shape index (κ3) is 2.59. The van der Waals surface area contributed by atoms with E-state index in [4.69, 9.17) is 4.74 Å². The number of phenols is 1. The van der Waals surface area contributed by atoms with Crippen molar-refractivity contribution >= 4 is 21.7 Å². The van der Waals surface area contributed by atoms with Crippen LogP contribution in [0.5, 0.6) is 11.5 Å². The molecule has 0 amide bonds. The molecule has 0 heterocycles. The van der Waals surface area contributed by atoms with E-state index in [1.807, 2.05) is 0 Å². The van der Waals surface area contributed by atoms with Gasteiger partial charge in [0.2, 0.25) is 0 Å². The van der Waals surface area contributed by atoms with Crippen LogP contribution in [0.4, 0.5) is 0 Å². The first-order valence-corrected chi connectivity index (χ1v) is 5.21. The standard InChI is InChI=1S/C11H11BrO3/c1-3-9(13)7-5-8(12)11(14)10(6-7)15-4-2/h3,5-6,14H,1,4H2,2H3. The zero-order valence-electron chi connectivity index (χ0n) is 8.29. The van der Waals surface area contributed by atoms with Gasteiger partial charge in [0.25, 0.3) is 0 Å². The zero-order chi connectivity index (χ0) is 11.4. The van der Waals surface area contributed by atoms with E-state index in [1.165, 1.54) is 18.2 Å². The number of carbonyl (C=O) groups excluding carboxylic acids is 1. The Hall–Kier alpha value is -1.29. The van der Waals surface area contributed by atoms with Crippen molar-refractivity contribution in [3.8, 4) is 11.5 Å². The number of carbonyl (C=O) groups is 1. The molecule has 3 nitrogen and oxygen atoms in total. The Labute approximate surface area is 96.5 Å². The first-order chi connectivity index (χ1) is 7.10. The summed E-state index contributed by atoms with van der Waals surface area (Å²) in [4.78, 5) is 11.4. The predicted molar refractivity (Wildman–Crippen MR) is 61.5 cm³/mol. The van der Waals surface area contributed by atoms with Gasteiger partial charge < -0.3 is 9.84 Å². The van der Waals surface area contributed by atoms with E-state index in [2.05, 4.69) is 22.5 Å². The van der Waals surface area contributed by atoms with Crippen LogP contribution in [-0.2, 0) is 0 Å². The number of hydrogen-bond donors (Lipinski definition) is 1. The maximum absolute atomic E-state index is 11.4. The second-order valence-corrected chi connectivity index (χ2v) is 3.66. The van der Waals surface area contributed by atoms with Crippen LogP contribution in [0.15, 0.2) is 29.3 Å². The summed E-state index contributed by atoms with van der Waals surface area (Å²) >= 11 is 3.15. The van der Waals surface area contributed by atoms with Gasteiger partial charge in [-0.25, -0.2) is 0 Å². The number of benzene rings is 1. The lowest BCUT2D eigenvalue weighted by Gasteiger charge is -2.08. The lowest BCUT2D eigenvalue weighted by Crippen LogP contribution is -1.98. The Balaban J connectivity index is 3.22. The summed E-state index contributed by atoms with van der Waals surface area (Å²) < 4.78 is 5.62. The Bertz CT molecular complexity index is 399. The van der Waals surface area contributed by atoms with Crippen LogP contribution >= 0.6 is 15.9 Å². The first kappa shape index (κ1) is 11.8. The smallest absolute Gasteiger partial charge is 0.185 e. The molecule has 1 aromatic rings. The molecule has 0 atom stereocenters. The minimum Gasteiger partial charge on any atom is -0.503 e. The van der Waals surface area contributed by atoms with Crippen LogP contribution in [-0.4, -0.2) is 17.5 Å². The average molecular weight is 271 g/mol. The monoisotopic (exact) mass is 270 g/mol. The van der Waals surface area contributed by atoms with E-state index in [1.54, 1.807) is 6.92 Å². The zero-order valence-corrected chi connectivity index (χ0v) is 9.87. The highest BCUT2D eigenvalue weighted by molar-refractivity contribution is 9.10. The maximum Gasteiger partial charge on any atom is 0.185 e. The molecule has 0 saturated carbocycles. The molecule has 1 aromatic carbocycles. The highest BCUT2D eigenvalue weighted by atomic mass is 79.9. The van der Waals surface area contributed by atoms with Crippen molar-refractivity contribution in [1.29, 1.82) is 0 Å². The van der Waals surface area contributed by atoms with Gasteiger partial charge in [-0.15, -0.1) is 0 Å². The molecule has 0 spiro atoms. The molecule has 1 rings (SSSR count). The molecule has 15 heavy (non-hydrogen) atoms. The molecule has 0 radical (unpaired) electrons. The van der Waals surface area contributed by atoms with Crippen molar-refractivity contribution in [3.63, 3.8) is 0 Å². The van der Waals surface area contributed by atoms with Crippen LogP contribution in [0.25, 0.3) is 0 Å². The molecule has 4 heteroatoms. The number of ketones is 1. The highest BCUT2D eigenvalue weighted by Gasteiger charge is 2.11. The lowest BCUT2D eigenvalue weighted by molar-refractivity contribution is 0.104. The fraction of sp³-hybridized carbons (Fsp3) is 0.182. The molecule has 1 N–H and O–H groups in total. The normalized spacial score (nSPS) is 9.73. The highest BCUT2D eigenvalue weighted by Crippen LogP contribution is 2.35. The van der Waals surface area contributed by atoms with E-state index in [-0.39, 0.29) is 17.3 Å². The van der Waals surface area contributed by atoms with Gasteiger partial charge in [-0.05, 0) is 41.1 Å². The Morgan fingerprint density at radius 1 is 1.67 bits per heavy atom. The Kier molecular flexibility index (Phi) is 3.91. The lowest BCUT2D eigenvalue weighted by atomic mass is 10.1. The van der Waals surface area contributed by atoms with Gasteiger partial charge in [-0.1, -0.05) is 6.58 Å². The second kappa shape index (κ2) is 4.98. The number of aromatic hydroxyl groups is 1. The van der Waals surface area contributed by atoms with Crippen molar-refractivity contribution in [2.45, 2.75) is 6.92 Å². The number of hydrogen-bond acceptors (Lipinski definition) is 3. The quantitative estimate of drug-likeness (QED) is 0.676. The minimum atomic E-state index is -0.211. The summed E-state index contributed by atoms with van der Waals surface area (Å²) in [6.45, 7) is 5.62. The van der Waals surface area contributed by atoms with Crippen LogP contribution in [0.3, 0.4) is 0 Å². The molecule has 0 bridgehead atoms. The van der Waals surface area contributed by atoms with Crippen molar-refractivity contribution < 1.29 is 14.6 Å². The number of rotatable bonds is 4. The number of halogens is 1. The molecule has 0 aliphatic rings. The summed E-state index contributed by atoms with van der Waals surface area (Å²) in [5, 5.41) is 9.60. The van der Waals surface area contributed by atoms with E-state index in [0.29, 0.717) is 16.6 Å². The van der Waals surface area contributed by atoms with Crippen molar-refractivity contribution in [3.05, 3.63) is 34.8 Å². The van der Waals surface area contributed by atoms with Gasteiger partial charge in [0.15, 0.2) is 17.3 Å². The van der Waals surface area contributed by atoms with E-state index in [9.17, 15) is 9.90 Å². The number of ether oxygens (including phenoxy) is 1. The largest absolute Gasteiger partial charge is 0.503 e. The summed E-state index contributed by atoms with van der Waals surface area (Å²) in [6, 6.07) is 3.02. The minimum absolute atomic E-state index is 0.00235. The third-order valence-electron chi connectivity index (χ3n) is 1.80. The predicted octanol–water partition coefficient (Wildman–Crippen LogP) is 2.92. The summed E-state index contributed by atoms with van der Waals surface area (Å²) in [5.41, 5.74) is 0.429. The van der Waals surface area contributed by atoms with Crippen LogP contribution < -0.4 is 4.74 Å². The molecule has 0 fully saturated rings. The van der Waals surface area contributed by atoms with E-state index >= 15 is 0 Å². The van der Waals surface area contributed by atoms with Gasteiger partial charge in [0.05, 0.1) is 11.1 Å². The van der Waals surface area contributed by atoms with Gasteiger partial charge in [-0.3, -0.25) is 4.79 Å². The summed E-state index contributed by atoms with van der Waals surface area (Å²) in [6.07, 6.45) is 1.22. The number of allylic oxidation sites excluding steroid dienone is 1. The van der Waals surface area contributed by atoms with Crippen LogP contribution in [0.2, 0.25) is 0 Å². The topological polar surface area (TPSA) is 46.5 Å². The molecular weight excluding hydrogens is 260 g/mol. The maximum atomic E-state index is 11.4. The SMILES string of the molecule is C=CC(=O)c1cc(Br)c(O)c(OCC)c1. The van der Waals surface area contributed by atoms with Gasteiger partial charge in [0, 0.05) is 5.56 Å². The molecular formula is C11H11BrO3. The van der Waals surface area contributed by atoms with Gasteiger partial charge in [-0.2, -0.15) is 0 Å². The fourth-order valence-electron chi connectivity index (χ4n) is 1.10.